The maximum absolute atomic E-state index is 13.3. The number of aromatic nitrogens is 3. The van der Waals surface area contributed by atoms with E-state index in [1.165, 1.54) is 11.3 Å². The SMILES string of the molecule is COc1cc(-c2cc(-c3ccccc3)nc3sc(/C([O-])=N/c4c[n+](C(C)C)no4)c(N)c23)cc(OC)c1OC. The molecule has 0 fully saturated rings. The van der Waals surface area contributed by atoms with Crippen molar-refractivity contribution in [1.29, 1.82) is 0 Å². The fourth-order valence-electron chi connectivity index (χ4n) is 4.19. The first-order chi connectivity index (χ1) is 18.8. The number of hydrogen-bond acceptors (Lipinski definition) is 10. The molecule has 0 radical (unpaired) electrons. The zero-order valence-electron chi connectivity index (χ0n) is 22.1. The molecule has 3 aromatic heterocycles. The number of benzene rings is 2. The number of rotatable bonds is 8. The second-order valence-electron chi connectivity index (χ2n) is 8.89. The third-order valence-electron chi connectivity index (χ3n) is 6.15. The van der Waals surface area contributed by atoms with Gasteiger partial charge in [0.15, 0.2) is 17.5 Å². The van der Waals surface area contributed by atoms with Crippen LogP contribution in [0.4, 0.5) is 11.6 Å². The average Bonchev–Trinajstić information content (AvgIpc) is 3.56. The minimum Gasteiger partial charge on any atom is -0.857 e. The van der Waals surface area contributed by atoms with Crippen molar-refractivity contribution in [2.24, 2.45) is 4.99 Å². The fourth-order valence-corrected chi connectivity index (χ4v) is 5.20. The van der Waals surface area contributed by atoms with Gasteiger partial charge in [-0.15, -0.1) is 11.3 Å². The number of nitrogen functional groups attached to an aromatic ring is 1. The first kappa shape index (κ1) is 26.0. The first-order valence-electron chi connectivity index (χ1n) is 12.1. The van der Waals surface area contributed by atoms with Crippen LogP contribution in [0.15, 0.2) is 64.2 Å². The predicted octanol–water partition coefficient (Wildman–Crippen LogP) is 4.53. The first-order valence-corrected chi connectivity index (χ1v) is 12.9. The summed E-state index contributed by atoms with van der Waals surface area (Å²) in [4.78, 5) is 9.81. The number of aliphatic imine (C=N–C) groups is 1. The van der Waals surface area contributed by atoms with Crippen LogP contribution < -0.4 is 29.7 Å². The zero-order valence-corrected chi connectivity index (χ0v) is 22.9. The van der Waals surface area contributed by atoms with Crippen molar-refractivity contribution in [3.63, 3.8) is 0 Å². The molecule has 0 unspecified atom stereocenters. The van der Waals surface area contributed by atoms with Gasteiger partial charge in [0.2, 0.25) is 11.0 Å². The molecule has 200 valence electrons. The van der Waals surface area contributed by atoms with Gasteiger partial charge < -0.3 is 25.1 Å². The summed E-state index contributed by atoms with van der Waals surface area (Å²) in [6.07, 6.45) is 1.57. The molecule has 3 heterocycles. The molecular weight excluding hydrogens is 518 g/mol. The summed E-state index contributed by atoms with van der Waals surface area (Å²) in [5, 5.41) is 17.8. The van der Waals surface area contributed by atoms with Gasteiger partial charge >= 0.3 is 5.88 Å². The summed E-state index contributed by atoms with van der Waals surface area (Å²) in [6, 6.07) is 15.4. The van der Waals surface area contributed by atoms with Crippen molar-refractivity contribution in [3.8, 4) is 39.6 Å². The molecule has 2 aromatic carbocycles. The number of methoxy groups -OCH3 is 3. The van der Waals surface area contributed by atoms with Crippen molar-refractivity contribution < 1.29 is 28.5 Å². The number of nitrogens with two attached hydrogens (primary N) is 1. The Hall–Kier alpha value is -4.64. The lowest BCUT2D eigenvalue weighted by Gasteiger charge is -2.15. The smallest absolute Gasteiger partial charge is 0.320 e. The number of anilines is 1. The molecule has 39 heavy (non-hydrogen) atoms. The summed E-state index contributed by atoms with van der Waals surface area (Å²) in [5.74, 6) is 0.993. The number of fused-ring (bicyclic) bond motifs is 1. The van der Waals surface area contributed by atoms with Gasteiger partial charge in [-0.25, -0.2) is 9.98 Å². The van der Waals surface area contributed by atoms with Crippen molar-refractivity contribution in [2.75, 3.05) is 27.1 Å². The fraction of sp³-hybridized carbons (Fsp3) is 0.214. The Bertz CT molecular complexity index is 1650. The molecule has 5 aromatic rings. The molecule has 0 saturated carbocycles. The molecule has 2 N–H and O–H groups in total. The van der Waals surface area contributed by atoms with Gasteiger partial charge in [0.25, 0.3) is 6.20 Å². The van der Waals surface area contributed by atoms with E-state index < -0.39 is 5.90 Å². The molecule has 0 aliphatic carbocycles. The summed E-state index contributed by atoms with van der Waals surface area (Å²) in [7, 11) is 4.66. The molecule has 5 rings (SSSR count). The van der Waals surface area contributed by atoms with Gasteiger partial charge in [0.05, 0.1) is 37.6 Å². The van der Waals surface area contributed by atoms with E-state index in [9.17, 15) is 5.11 Å². The van der Waals surface area contributed by atoms with E-state index in [1.54, 1.807) is 32.2 Å². The van der Waals surface area contributed by atoms with Gasteiger partial charge in [0.1, 0.15) is 4.83 Å². The summed E-state index contributed by atoms with van der Waals surface area (Å²) >= 11 is 1.17. The van der Waals surface area contributed by atoms with E-state index in [0.29, 0.717) is 27.5 Å². The van der Waals surface area contributed by atoms with Crippen molar-refractivity contribution in [1.82, 2.24) is 10.3 Å². The highest BCUT2D eigenvalue weighted by Gasteiger charge is 2.22. The monoisotopic (exact) mass is 545 g/mol. The standard InChI is InChI=1S/C28H27N5O5S/c1-15(2)33-14-22(38-32-33)31-27(34)26-24(29)23-18(17-11-20(35-3)25(37-5)21(12-17)36-4)13-19(30-28(23)39-26)16-9-7-6-8-10-16/h6-15H,1-5H3,(H2-,29,31,32,34). The van der Waals surface area contributed by atoms with Crippen LogP contribution in [0.1, 0.15) is 24.8 Å². The molecule has 0 saturated heterocycles. The van der Waals surface area contributed by atoms with Gasteiger partial charge in [-0.3, -0.25) is 4.52 Å². The Morgan fingerprint density at radius 1 is 1.03 bits per heavy atom. The van der Waals surface area contributed by atoms with Crippen LogP contribution in [-0.4, -0.2) is 37.5 Å². The van der Waals surface area contributed by atoms with Crippen LogP contribution in [0.25, 0.3) is 32.6 Å². The number of pyridine rings is 1. The van der Waals surface area contributed by atoms with Crippen molar-refractivity contribution >= 4 is 39.0 Å². The lowest BCUT2D eigenvalue weighted by molar-refractivity contribution is -0.779. The topological polar surface area (TPSA) is 132 Å². The molecule has 0 amide bonds. The maximum Gasteiger partial charge on any atom is 0.320 e. The Balaban J connectivity index is 1.75. The number of thiophene rings is 1. The van der Waals surface area contributed by atoms with Crippen LogP contribution in [0.5, 0.6) is 17.2 Å². The highest BCUT2D eigenvalue weighted by atomic mass is 32.1. The highest BCUT2D eigenvalue weighted by molar-refractivity contribution is 7.21. The normalized spacial score (nSPS) is 11.8. The number of hydrogen-bond donors (Lipinski definition) is 1. The van der Waals surface area contributed by atoms with Gasteiger partial charge in [-0.1, -0.05) is 30.3 Å². The molecule has 10 nitrogen and oxygen atoms in total. The number of ether oxygens (including phenoxy) is 3. The Kier molecular flexibility index (Phi) is 7.07. The Labute approximate surface area is 228 Å². The van der Waals surface area contributed by atoms with Gasteiger partial charge in [0, 0.05) is 16.8 Å². The average molecular weight is 546 g/mol. The zero-order chi connectivity index (χ0) is 27.7. The van der Waals surface area contributed by atoms with Gasteiger partial charge in [-0.05, 0) is 47.9 Å². The van der Waals surface area contributed by atoms with E-state index in [4.69, 9.17) is 29.5 Å². The largest absolute Gasteiger partial charge is 0.857 e. The van der Waals surface area contributed by atoms with Crippen LogP contribution in [0, 0.1) is 0 Å². The maximum atomic E-state index is 13.3. The lowest BCUT2D eigenvalue weighted by atomic mass is 9.98. The van der Waals surface area contributed by atoms with E-state index in [-0.39, 0.29) is 22.5 Å². The van der Waals surface area contributed by atoms with E-state index in [0.717, 1.165) is 22.4 Å². The summed E-state index contributed by atoms with van der Waals surface area (Å²) < 4.78 is 23.5. The molecule has 0 bridgehead atoms. The van der Waals surface area contributed by atoms with Crippen molar-refractivity contribution in [2.45, 2.75) is 19.9 Å². The van der Waals surface area contributed by atoms with E-state index >= 15 is 0 Å². The quantitative estimate of drug-likeness (QED) is 0.171. The molecule has 11 heteroatoms. The van der Waals surface area contributed by atoms with Gasteiger partial charge in [-0.2, -0.15) is 0 Å². The third-order valence-corrected chi connectivity index (χ3v) is 7.24. The van der Waals surface area contributed by atoms with Crippen LogP contribution >= 0.6 is 11.3 Å². The Morgan fingerprint density at radius 3 is 2.31 bits per heavy atom. The number of nitrogens with zero attached hydrogens (tertiary/aromatic N) is 4. The van der Waals surface area contributed by atoms with Crippen LogP contribution in [-0.2, 0) is 0 Å². The molecular formula is C28H27N5O5S. The lowest BCUT2D eigenvalue weighted by Crippen LogP contribution is -2.36. The van der Waals surface area contributed by atoms with Crippen molar-refractivity contribution in [3.05, 3.63) is 59.6 Å². The highest BCUT2D eigenvalue weighted by Crippen LogP contribution is 2.46. The van der Waals surface area contributed by atoms with Crippen LogP contribution in [0.3, 0.4) is 0 Å². The minimum atomic E-state index is -0.542. The van der Waals surface area contributed by atoms with E-state index in [1.807, 2.05) is 62.4 Å². The Morgan fingerprint density at radius 2 is 1.72 bits per heavy atom. The second-order valence-corrected chi connectivity index (χ2v) is 9.89. The molecule has 0 aliphatic heterocycles. The summed E-state index contributed by atoms with van der Waals surface area (Å²) in [6.45, 7) is 3.89. The second kappa shape index (κ2) is 10.6. The van der Waals surface area contributed by atoms with E-state index in [2.05, 4.69) is 10.3 Å². The predicted molar refractivity (Wildman–Crippen MR) is 148 cm³/mol. The molecule has 0 aliphatic rings. The molecule has 0 spiro atoms. The molecule has 0 atom stereocenters. The third kappa shape index (κ3) is 4.84. The minimum absolute atomic E-state index is 0.0591. The summed E-state index contributed by atoms with van der Waals surface area (Å²) in [5.41, 5.74) is 10.0. The van der Waals surface area contributed by atoms with Crippen LogP contribution in [0.2, 0.25) is 0 Å².